The van der Waals surface area contributed by atoms with E-state index in [1.165, 1.54) is 18.3 Å². The number of thiazole rings is 1. The standard InChI is InChI=1S/C14H22N4O2S/c1-4-17-5-7-18(8-6-17)9-12(20)16-14-15-10(2)13(21-14)11(3)19/h4-9H2,1-3H3,(H,15,16,20). The molecule has 116 valence electrons. The molecule has 7 heteroatoms. The van der Waals surface area contributed by atoms with Crippen LogP contribution in [0.15, 0.2) is 0 Å². The first-order valence-corrected chi connectivity index (χ1v) is 8.04. The number of hydrogen-bond acceptors (Lipinski definition) is 6. The molecular weight excluding hydrogens is 288 g/mol. The summed E-state index contributed by atoms with van der Waals surface area (Å²) in [6.45, 7) is 10.7. The summed E-state index contributed by atoms with van der Waals surface area (Å²) in [5.41, 5.74) is 0.680. The third-order valence-corrected chi connectivity index (χ3v) is 4.82. The van der Waals surface area contributed by atoms with E-state index >= 15 is 0 Å². The highest BCUT2D eigenvalue weighted by Crippen LogP contribution is 2.22. The Bertz CT molecular complexity index is 521. The summed E-state index contributed by atoms with van der Waals surface area (Å²) >= 11 is 1.24. The smallest absolute Gasteiger partial charge is 0.240 e. The lowest BCUT2D eigenvalue weighted by atomic mass is 10.3. The maximum Gasteiger partial charge on any atom is 0.240 e. The van der Waals surface area contributed by atoms with Gasteiger partial charge in [-0.1, -0.05) is 18.3 Å². The highest BCUT2D eigenvalue weighted by molar-refractivity contribution is 7.17. The number of piperazine rings is 1. The Balaban J connectivity index is 1.85. The Morgan fingerprint density at radius 3 is 2.38 bits per heavy atom. The Labute approximate surface area is 129 Å². The second-order valence-corrected chi connectivity index (χ2v) is 6.25. The van der Waals surface area contributed by atoms with Gasteiger partial charge >= 0.3 is 0 Å². The highest BCUT2D eigenvalue weighted by atomic mass is 32.1. The summed E-state index contributed by atoms with van der Waals surface area (Å²) in [6, 6.07) is 0. The summed E-state index contributed by atoms with van der Waals surface area (Å²) in [5, 5.41) is 3.30. The zero-order valence-corrected chi connectivity index (χ0v) is 13.6. The van der Waals surface area contributed by atoms with Gasteiger partial charge in [-0.2, -0.15) is 0 Å². The lowest BCUT2D eigenvalue weighted by molar-refractivity contribution is -0.117. The molecule has 1 aromatic heterocycles. The summed E-state index contributed by atoms with van der Waals surface area (Å²) in [4.78, 5) is 32.8. The van der Waals surface area contributed by atoms with Crippen molar-refractivity contribution in [3.8, 4) is 0 Å². The van der Waals surface area contributed by atoms with Crippen LogP contribution in [0.3, 0.4) is 0 Å². The van der Waals surface area contributed by atoms with Crippen molar-refractivity contribution in [2.45, 2.75) is 20.8 Å². The van der Waals surface area contributed by atoms with E-state index < -0.39 is 0 Å². The predicted molar refractivity (Wildman–Crippen MR) is 84.0 cm³/mol. The summed E-state index contributed by atoms with van der Waals surface area (Å²) in [7, 11) is 0. The molecule has 1 saturated heterocycles. The minimum atomic E-state index is -0.0659. The summed E-state index contributed by atoms with van der Waals surface area (Å²) in [5.74, 6) is -0.0787. The second kappa shape index (κ2) is 7.11. The first kappa shape index (κ1) is 16.1. The molecule has 1 fully saturated rings. The molecule has 0 saturated carbocycles. The number of aryl methyl sites for hydroxylation is 1. The van der Waals surface area contributed by atoms with Crippen LogP contribution in [0.25, 0.3) is 0 Å². The van der Waals surface area contributed by atoms with Crippen LogP contribution in [0.5, 0.6) is 0 Å². The van der Waals surface area contributed by atoms with Crippen LogP contribution in [-0.2, 0) is 4.79 Å². The average Bonchev–Trinajstić information content (AvgIpc) is 2.80. The molecular formula is C14H22N4O2S. The molecule has 1 amide bonds. The van der Waals surface area contributed by atoms with E-state index in [0.717, 1.165) is 32.7 Å². The number of nitrogens with zero attached hydrogens (tertiary/aromatic N) is 3. The van der Waals surface area contributed by atoms with Crippen molar-refractivity contribution in [3.05, 3.63) is 10.6 Å². The van der Waals surface area contributed by atoms with Gasteiger partial charge in [0.05, 0.1) is 17.1 Å². The quantitative estimate of drug-likeness (QED) is 0.829. The van der Waals surface area contributed by atoms with Gasteiger partial charge in [0, 0.05) is 33.1 Å². The SMILES string of the molecule is CCN1CCN(CC(=O)Nc2nc(C)c(C(C)=O)s2)CC1. The van der Waals surface area contributed by atoms with Crippen molar-refractivity contribution in [3.63, 3.8) is 0 Å². The largest absolute Gasteiger partial charge is 0.301 e. The fraction of sp³-hybridized carbons (Fsp3) is 0.643. The summed E-state index contributed by atoms with van der Waals surface area (Å²) < 4.78 is 0. The van der Waals surface area contributed by atoms with E-state index in [1.54, 1.807) is 6.92 Å². The molecule has 1 N–H and O–H groups in total. The van der Waals surface area contributed by atoms with Gasteiger partial charge in [0.25, 0.3) is 0 Å². The number of Topliss-reactive ketones (excluding diaryl/α,β-unsaturated/α-hetero) is 1. The highest BCUT2D eigenvalue weighted by Gasteiger charge is 2.19. The normalized spacial score (nSPS) is 16.9. The lowest BCUT2D eigenvalue weighted by Crippen LogP contribution is -2.48. The van der Waals surface area contributed by atoms with Gasteiger partial charge < -0.3 is 10.2 Å². The van der Waals surface area contributed by atoms with Gasteiger partial charge in [-0.05, 0) is 13.5 Å². The van der Waals surface area contributed by atoms with Crippen molar-refractivity contribution >= 4 is 28.2 Å². The Morgan fingerprint density at radius 1 is 1.24 bits per heavy atom. The molecule has 0 aromatic carbocycles. The lowest BCUT2D eigenvalue weighted by Gasteiger charge is -2.33. The van der Waals surface area contributed by atoms with Crippen molar-refractivity contribution in [2.75, 3.05) is 44.6 Å². The number of carbonyl (C=O) groups is 2. The third-order valence-electron chi connectivity index (χ3n) is 3.64. The van der Waals surface area contributed by atoms with Gasteiger partial charge in [-0.3, -0.25) is 14.5 Å². The van der Waals surface area contributed by atoms with E-state index in [1.807, 2.05) is 0 Å². The molecule has 0 aliphatic carbocycles. The van der Waals surface area contributed by atoms with Crippen LogP contribution in [0.4, 0.5) is 5.13 Å². The van der Waals surface area contributed by atoms with Crippen LogP contribution in [0.2, 0.25) is 0 Å². The first-order valence-electron chi connectivity index (χ1n) is 7.22. The van der Waals surface area contributed by atoms with Crippen LogP contribution in [-0.4, -0.2) is 65.7 Å². The van der Waals surface area contributed by atoms with Gasteiger partial charge in [-0.15, -0.1) is 0 Å². The number of nitrogens with one attached hydrogen (secondary N) is 1. The number of ketones is 1. The third kappa shape index (κ3) is 4.33. The molecule has 0 radical (unpaired) electrons. The molecule has 1 aliphatic rings. The van der Waals surface area contributed by atoms with Crippen LogP contribution in [0, 0.1) is 6.92 Å². The molecule has 2 rings (SSSR count). The molecule has 6 nitrogen and oxygen atoms in total. The topological polar surface area (TPSA) is 65.5 Å². The molecule has 0 spiro atoms. The van der Waals surface area contributed by atoms with Crippen LogP contribution >= 0.6 is 11.3 Å². The van der Waals surface area contributed by atoms with Crippen molar-refractivity contribution in [2.24, 2.45) is 0 Å². The number of anilines is 1. The zero-order valence-electron chi connectivity index (χ0n) is 12.8. The van der Waals surface area contributed by atoms with E-state index in [9.17, 15) is 9.59 Å². The number of carbonyl (C=O) groups excluding carboxylic acids is 2. The van der Waals surface area contributed by atoms with E-state index in [-0.39, 0.29) is 11.7 Å². The van der Waals surface area contributed by atoms with Crippen molar-refractivity contribution in [1.82, 2.24) is 14.8 Å². The number of likely N-dealkylation sites (N-methyl/N-ethyl adjacent to an activating group) is 1. The maximum atomic E-state index is 12.0. The fourth-order valence-electron chi connectivity index (χ4n) is 2.40. The number of aromatic nitrogens is 1. The van der Waals surface area contributed by atoms with Crippen molar-refractivity contribution in [1.29, 1.82) is 0 Å². The molecule has 1 aliphatic heterocycles. The predicted octanol–water partition coefficient (Wildman–Crippen LogP) is 1.23. The molecule has 1 aromatic rings. The minimum absolute atomic E-state index is 0.0128. The Morgan fingerprint density at radius 2 is 1.86 bits per heavy atom. The van der Waals surface area contributed by atoms with Gasteiger partial charge in [-0.25, -0.2) is 4.98 Å². The van der Waals surface area contributed by atoms with Gasteiger partial charge in [0.1, 0.15) is 0 Å². The van der Waals surface area contributed by atoms with E-state index in [0.29, 0.717) is 22.2 Å². The molecule has 2 heterocycles. The van der Waals surface area contributed by atoms with E-state index in [4.69, 9.17) is 0 Å². The molecule has 0 unspecified atom stereocenters. The monoisotopic (exact) mass is 310 g/mol. The number of hydrogen-bond donors (Lipinski definition) is 1. The second-order valence-electron chi connectivity index (χ2n) is 5.25. The molecule has 21 heavy (non-hydrogen) atoms. The minimum Gasteiger partial charge on any atom is -0.301 e. The molecule has 0 bridgehead atoms. The van der Waals surface area contributed by atoms with E-state index in [2.05, 4.69) is 27.0 Å². The van der Waals surface area contributed by atoms with Crippen LogP contribution in [0.1, 0.15) is 29.2 Å². The average molecular weight is 310 g/mol. The molecule has 0 atom stereocenters. The maximum absolute atomic E-state index is 12.0. The Kier molecular flexibility index (Phi) is 5.44. The number of rotatable bonds is 5. The van der Waals surface area contributed by atoms with Crippen LogP contribution < -0.4 is 5.32 Å². The van der Waals surface area contributed by atoms with Crippen molar-refractivity contribution < 1.29 is 9.59 Å². The zero-order chi connectivity index (χ0) is 15.4. The fourth-order valence-corrected chi connectivity index (χ4v) is 3.28. The number of amides is 1. The Hall–Kier alpha value is -1.31. The summed E-state index contributed by atoms with van der Waals surface area (Å²) in [6.07, 6.45) is 0. The first-order chi connectivity index (χ1) is 9.99. The van der Waals surface area contributed by atoms with Gasteiger partial charge in [0.15, 0.2) is 10.9 Å². The van der Waals surface area contributed by atoms with Gasteiger partial charge in [0.2, 0.25) is 5.91 Å².